The Hall–Kier alpha value is -2.83. The molecule has 2 amide bonds. The molecule has 4 nitrogen and oxygen atoms in total. The Balaban J connectivity index is 2.05. The van der Waals surface area contributed by atoms with Gasteiger partial charge < -0.3 is 10.6 Å². The van der Waals surface area contributed by atoms with Crippen LogP contribution in [0.4, 0.5) is 13.2 Å². The number of carbonyl (C=O) groups excluding carboxylic acids is 2. The Bertz CT molecular complexity index is 874. The molecule has 0 saturated carbocycles. The van der Waals surface area contributed by atoms with Crippen molar-refractivity contribution in [3.63, 3.8) is 0 Å². The second-order valence-electron chi connectivity index (χ2n) is 7.69. The standard InChI is InChI=1S/C22H25F3N2O2/c1-14-9-11-16(12-10-14)13-15(2)26-20(29)21(3,4)27-19(28)17-7-5-6-8-18(17)22(23,24)25/h5-12,15H,13H2,1-4H3,(H,26,29)(H,27,28)/t15-/m1/s1. The molecule has 0 aliphatic rings. The molecular formula is C22H25F3N2O2. The van der Waals surface area contributed by atoms with Crippen LogP contribution in [0.5, 0.6) is 0 Å². The van der Waals surface area contributed by atoms with Crippen molar-refractivity contribution in [1.29, 1.82) is 0 Å². The van der Waals surface area contributed by atoms with E-state index in [0.717, 1.165) is 23.3 Å². The maximum atomic E-state index is 13.1. The lowest BCUT2D eigenvalue weighted by Crippen LogP contribution is -2.56. The highest BCUT2D eigenvalue weighted by molar-refractivity contribution is 6.00. The van der Waals surface area contributed by atoms with Gasteiger partial charge in [-0.1, -0.05) is 42.0 Å². The van der Waals surface area contributed by atoms with Crippen LogP contribution in [0.15, 0.2) is 48.5 Å². The largest absolute Gasteiger partial charge is 0.417 e. The third-order valence-corrected chi connectivity index (χ3v) is 4.51. The van der Waals surface area contributed by atoms with Crippen LogP contribution in [-0.4, -0.2) is 23.4 Å². The number of carbonyl (C=O) groups is 2. The molecule has 0 aliphatic heterocycles. The van der Waals surface area contributed by atoms with E-state index >= 15 is 0 Å². The van der Waals surface area contributed by atoms with E-state index in [-0.39, 0.29) is 6.04 Å². The van der Waals surface area contributed by atoms with Crippen molar-refractivity contribution in [1.82, 2.24) is 10.6 Å². The Morgan fingerprint density at radius 3 is 2.17 bits per heavy atom. The fourth-order valence-electron chi connectivity index (χ4n) is 2.87. The predicted molar refractivity (Wildman–Crippen MR) is 105 cm³/mol. The summed E-state index contributed by atoms with van der Waals surface area (Å²) in [5.41, 5.74) is -0.773. The molecule has 7 heteroatoms. The van der Waals surface area contributed by atoms with Crippen LogP contribution in [0, 0.1) is 6.92 Å². The van der Waals surface area contributed by atoms with Gasteiger partial charge in [0.1, 0.15) is 5.54 Å². The van der Waals surface area contributed by atoms with Gasteiger partial charge in [-0.15, -0.1) is 0 Å². The van der Waals surface area contributed by atoms with Gasteiger partial charge in [0.05, 0.1) is 11.1 Å². The molecule has 1 atom stereocenters. The third kappa shape index (κ3) is 6.07. The van der Waals surface area contributed by atoms with Gasteiger partial charge in [-0.25, -0.2) is 0 Å². The van der Waals surface area contributed by atoms with Gasteiger partial charge >= 0.3 is 6.18 Å². The van der Waals surface area contributed by atoms with Crippen LogP contribution in [0.3, 0.4) is 0 Å². The number of nitrogens with one attached hydrogen (secondary N) is 2. The minimum atomic E-state index is -4.66. The quantitative estimate of drug-likeness (QED) is 0.753. The highest BCUT2D eigenvalue weighted by atomic mass is 19.4. The number of rotatable bonds is 6. The van der Waals surface area contributed by atoms with E-state index in [1.807, 2.05) is 38.1 Å². The summed E-state index contributed by atoms with van der Waals surface area (Å²) in [6, 6.07) is 12.2. The number of halogens is 3. The van der Waals surface area contributed by atoms with Gasteiger partial charge in [-0.3, -0.25) is 9.59 Å². The molecular weight excluding hydrogens is 381 g/mol. The second-order valence-corrected chi connectivity index (χ2v) is 7.69. The number of hydrogen-bond acceptors (Lipinski definition) is 2. The number of benzene rings is 2. The SMILES string of the molecule is Cc1ccc(C[C@@H](C)NC(=O)C(C)(C)NC(=O)c2ccccc2C(F)(F)F)cc1. The maximum absolute atomic E-state index is 13.1. The maximum Gasteiger partial charge on any atom is 0.417 e. The number of amides is 2. The molecule has 29 heavy (non-hydrogen) atoms. The molecule has 2 aromatic carbocycles. The average Bonchev–Trinajstić information content (AvgIpc) is 2.62. The number of alkyl halides is 3. The summed E-state index contributed by atoms with van der Waals surface area (Å²) in [5, 5.41) is 5.22. The highest BCUT2D eigenvalue weighted by Gasteiger charge is 2.37. The normalized spacial score (nSPS) is 12.9. The van der Waals surface area contributed by atoms with Crippen LogP contribution >= 0.6 is 0 Å². The van der Waals surface area contributed by atoms with E-state index < -0.39 is 34.7 Å². The van der Waals surface area contributed by atoms with Gasteiger partial charge in [-0.05, 0) is 51.8 Å². The Kier molecular flexibility index (Phi) is 6.72. The molecule has 0 radical (unpaired) electrons. The van der Waals surface area contributed by atoms with E-state index in [0.29, 0.717) is 6.42 Å². The summed E-state index contributed by atoms with van der Waals surface area (Å²) >= 11 is 0. The van der Waals surface area contributed by atoms with Gasteiger partial charge in [0.25, 0.3) is 5.91 Å². The summed E-state index contributed by atoms with van der Waals surface area (Å²) in [6.45, 7) is 6.72. The minimum absolute atomic E-state index is 0.219. The van der Waals surface area contributed by atoms with Crippen LogP contribution < -0.4 is 10.6 Å². The summed E-state index contributed by atoms with van der Waals surface area (Å²) in [4.78, 5) is 25.1. The molecule has 0 heterocycles. The molecule has 2 N–H and O–H groups in total. The van der Waals surface area contributed by atoms with Gasteiger partial charge in [0.15, 0.2) is 0 Å². The Labute approximate surface area is 168 Å². The molecule has 0 saturated heterocycles. The molecule has 2 aromatic rings. The van der Waals surface area contributed by atoms with Crippen LogP contribution in [0.1, 0.15) is 47.8 Å². The first-order valence-corrected chi connectivity index (χ1v) is 9.25. The van der Waals surface area contributed by atoms with E-state index in [9.17, 15) is 22.8 Å². The first kappa shape index (κ1) is 22.5. The van der Waals surface area contributed by atoms with E-state index in [4.69, 9.17) is 0 Å². The summed E-state index contributed by atoms with van der Waals surface area (Å²) < 4.78 is 39.4. The van der Waals surface area contributed by atoms with Crippen LogP contribution in [-0.2, 0) is 17.4 Å². The summed E-state index contributed by atoms with van der Waals surface area (Å²) in [5.74, 6) is -1.43. The van der Waals surface area contributed by atoms with Gasteiger partial charge in [0, 0.05) is 6.04 Å². The van der Waals surface area contributed by atoms with Crippen LogP contribution in [0.2, 0.25) is 0 Å². The molecule has 0 unspecified atom stereocenters. The van der Waals surface area contributed by atoms with Crippen molar-refractivity contribution in [3.8, 4) is 0 Å². The smallest absolute Gasteiger partial charge is 0.351 e. The second kappa shape index (κ2) is 8.68. The zero-order chi connectivity index (χ0) is 21.8. The molecule has 2 rings (SSSR count). The summed E-state index contributed by atoms with van der Waals surface area (Å²) in [7, 11) is 0. The zero-order valence-corrected chi connectivity index (χ0v) is 16.9. The zero-order valence-electron chi connectivity index (χ0n) is 16.9. The number of aryl methyl sites for hydroxylation is 1. The van der Waals surface area contributed by atoms with Crippen LogP contribution in [0.25, 0.3) is 0 Å². The topological polar surface area (TPSA) is 58.2 Å². The lowest BCUT2D eigenvalue weighted by molar-refractivity contribution is -0.137. The lowest BCUT2D eigenvalue weighted by Gasteiger charge is -2.28. The fourth-order valence-corrected chi connectivity index (χ4v) is 2.87. The van der Waals surface area contributed by atoms with Crippen molar-refractivity contribution in [2.24, 2.45) is 0 Å². The number of hydrogen-bond donors (Lipinski definition) is 2. The third-order valence-electron chi connectivity index (χ3n) is 4.51. The Morgan fingerprint density at radius 1 is 1.00 bits per heavy atom. The average molecular weight is 406 g/mol. The molecule has 0 spiro atoms. The van der Waals surface area contributed by atoms with Gasteiger partial charge in [0.2, 0.25) is 5.91 Å². The summed E-state index contributed by atoms with van der Waals surface area (Å²) in [6.07, 6.45) is -4.07. The predicted octanol–water partition coefficient (Wildman–Crippen LogP) is 4.27. The van der Waals surface area contributed by atoms with E-state index in [2.05, 4.69) is 10.6 Å². The van der Waals surface area contributed by atoms with E-state index in [1.165, 1.54) is 26.0 Å². The minimum Gasteiger partial charge on any atom is -0.351 e. The highest BCUT2D eigenvalue weighted by Crippen LogP contribution is 2.32. The van der Waals surface area contributed by atoms with Gasteiger partial charge in [-0.2, -0.15) is 13.2 Å². The van der Waals surface area contributed by atoms with Crippen molar-refractivity contribution < 1.29 is 22.8 Å². The first-order valence-electron chi connectivity index (χ1n) is 9.25. The van der Waals surface area contributed by atoms with Crippen molar-refractivity contribution in [2.75, 3.05) is 0 Å². The van der Waals surface area contributed by atoms with Crippen molar-refractivity contribution >= 4 is 11.8 Å². The molecule has 0 aliphatic carbocycles. The molecule has 0 bridgehead atoms. The van der Waals surface area contributed by atoms with Crippen molar-refractivity contribution in [2.45, 2.75) is 51.9 Å². The molecule has 0 aromatic heterocycles. The Morgan fingerprint density at radius 2 is 1.59 bits per heavy atom. The fraction of sp³-hybridized carbons (Fsp3) is 0.364. The monoisotopic (exact) mass is 406 g/mol. The lowest BCUT2D eigenvalue weighted by atomic mass is 10.00. The van der Waals surface area contributed by atoms with E-state index in [1.54, 1.807) is 0 Å². The molecule has 156 valence electrons. The molecule has 0 fully saturated rings. The first-order chi connectivity index (χ1) is 13.4. The van der Waals surface area contributed by atoms with Crippen molar-refractivity contribution in [3.05, 3.63) is 70.8 Å².